The average Bonchev–Trinajstić information content (AvgIpc) is 3.25. The number of aromatic nitrogens is 1. The minimum absolute atomic E-state index is 0.0252. The lowest BCUT2D eigenvalue weighted by Crippen LogP contribution is -2.40. The van der Waals surface area contributed by atoms with Gasteiger partial charge in [0.1, 0.15) is 11.1 Å². The topological polar surface area (TPSA) is 75.9 Å². The minimum Gasteiger partial charge on any atom is -0.422 e. The van der Waals surface area contributed by atoms with Crippen molar-refractivity contribution in [2.75, 3.05) is 44.3 Å². The summed E-state index contributed by atoms with van der Waals surface area (Å²) in [6.45, 7) is 8.65. The summed E-state index contributed by atoms with van der Waals surface area (Å²) in [5.74, 6) is -0.380. The van der Waals surface area contributed by atoms with E-state index in [-0.39, 0.29) is 11.5 Å². The fraction of sp³-hybridized carbons (Fsp3) is 0.346. The van der Waals surface area contributed by atoms with Crippen LogP contribution in [0.2, 0.25) is 0 Å². The van der Waals surface area contributed by atoms with Crippen LogP contribution in [0.4, 0.5) is 5.13 Å². The molecule has 176 valence electrons. The van der Waals surface area contributed by atoms with Crippen molar-refractivity contribution in [3.8, 4) is 0 Å². The second-order valence-electron chi connectivity index (χ2n) is 8.68. The van der Waals surface area contributed by atoms with E-state index in [0.717, 1.165) is 66.0 Å². The normalized spacial score (nSPS) is 14.6. The van der Waals surface area contributed by atoms with Gasteiger partial charge in [-0.3, -0.25) is 14.6 Å². The van der Waals surface area contributed by atoms with E-state index in [4.69, 9.17) is 14.1 Å². The molecule has 1 aliphatic heterocycles. The molecule has 0 saturated carbocycles. The number of benzene rings is 2. The van der Waals surface area contributed by atoms with Crippen molar-refractivity contribution >= 4 is 43.6 Å². The molecule has 34 heavy (non-hydrogen) atoms. The lowest BCUT2D eigenvalue weighted by Gasteiger charge is -2.27. The molecule has 0 radical (unpaired) electrons. The number of ether oxygens (including phenoxy) is 1. The zero-order valence-corrected chi connectivity index (χ0v) is 20.2. The molecule has 0 bridgehead atoms. The number of rotatable bonds is 6. The van der Waals surface area contributed by atoms with Gasteiger partial charge in [0.05, 0.1) is 23.4 Å². The first-order valence-electron chi connectivity index (χ1n) is 11.5. The Kier molecular flexibility index (Phi) is 6.45. The summed E-state index contributed by atoms with van der Waals surface area (Å²) in [7, 11) is 0. The first-order chi connectivity index (χ1) is 16.5. The Bertz CT molecular complexity index is 1400. The lowest BCUT2D eigenvalue weighted by atomic mass is 10.1. The summed E-state index contributed by atoms with van der Waals surface area (Å²) in [5.41, 5.74) is 2.99. The third-order valence-electron chi connectivity index (χ3n) is 6.12. The molecule has 1 fully saturated rings. The highest BCUT2D eigenvalue weighted by Gasteiger charge is 2.25. The summed E-state index contributed by atoms with van der Waals surface area (Å²) >= 11 is 1.49. The monoisotopic (exact) mass is 477 g/mol. The maximum Gasteiger partial charge on any atom is 0.349 e. The number of thiazole rings is 1. The van der Waals surface area contributed by atoms with Crippen LogP contribution in [0.1, 0.15) is 27.9 Å². The molecule has 8 heteroatoms. The van der Waals surface area contributed by atoms with Crippen molar-refractivity contribution in [3.05, 3.63) is 69.6 Å². The molecular formula is C26H27N3O4S. The first-order valence-corrected chi connectivity index (χ1v) is 12.3. The third-order valence-corrected chi connectivity index (χ3v) is 7.35. The van der Waals surface area contributed by atoms with Gasteiger partial charge in [0, 0.05) is 31.6 Å². The number of carbonyl (C=O) groups is 1. The van der Waals surface area contributed by atoms with E-state index in [1.165, 1.54) is 11.3 Å². The van der Waals surface area contributed by atoms with Crippen molar-refractivity contribution in [3.63, 3.8) is 0 Å². The van der Waals surface area contributed by atoms with E-state index in [9.17, 15) is 9.59 Å². The van der Waals surface area contributed by atoms with E-state index in [1.54, 1.807) is 23.1 Å². The largest absolute Gasteiger partial charge is 0.422 e. The van der Waals surface area contributed by atoms with Crippen LogP contribution in [0.5, 0.6) is 0 Å². The quantitative estimate of drug-likeness (QED) is 0.384. The average molecular weight is 478 g/mol. The fourth-order valence-electron chi connectivity index (χ4n) is 4.40. The van der Waals surface area contributed by atoms with Crippen LogP contribution in [0.3, 0.4) is 0 Å². The number of hydrogen-bond donors (Lipinski definition) is 0. The summed E-state index contributed by atoms with van der Waals surface area (Å²) in [6, 6.07) is 13.0. The van der Waals surface area contributed by atoms with E-state index < -0.39 is 5.63 Å². The Morgan fingerprint density at radius 3 is 2.76 bits per heavy atom. The molecule has 3 heterocycles. The van der Waals surface area contributed by atoms with Gasteiger partial charge in [0.2, 0.25) is 0 Å². The number of fused-ring (bicyclic) bond motifs is 2. The predicted octanol–water partition coefficient (Wildman–Crippen LogP) is 4.39. The minimum atomic E-state index is -0.630. The molecule has 1 saturated heterocycles. The van der Waals surface area contributed by atoms with Crippen LogP contribution < -0.4 is 10.5 Å². The van der Waals surface area contributed by atoms with Gasteiger partial charge in [0.25, 0.3) is 5.91 Å². The third kappa shape index (κ3) is 4.61. The SMILES string of the molecule is Cc1cc(C)c2sc(N(CCCN3CCOCC3)C(=O)c3cc4ccccc4oc3=O)nc2c1. The van der Waals surface area contributed by atoms with Gasteiger partial charge in [-0.15, -0.1) is 0 Å². The highest BCUT2D eigenvalue weighted by atomic mass is 32.1. The number of aryl methyl sites for hydroxylation is 2. The smallest absolute Gasteiger partial charge is 0.349 e. The highest BCUT2D eigenvalue weighted by Crippen LogP contribution is 2.33. The van der Waals surface area contributed by atoms with Crippen LogP contribution in [0, 0.1) is 13.8 Å². The lowest BCUT2D eigenvalue weighted by molar-refractivity contribution is 0.0376. The van der Waals surface area contributed by atoms with Crippen molar-refractivity contribution in [1.29, 1.82) is 0 Å². The van der Waals surface area contributed by atoms with Crippen LogP contribution in [-0.4, -0.2) is 55.2 Å². The second kappa shape index (κ2) is 9.66. The standard InChI is InChI=1S/C26H27N3O4S/c1-17-14-18(2)23-21(15-17)27-26(34-23)29(9-5-8-28-10-12-32-13-11-28)24(30)20-16-19-6-3-4-7-22(19)33-25(20)31/h3-4,6-7,14-16H,5,8-13H2,1-2H3. The Morgan fingerprint density at radius 2 is 1.94 bits per heavy atom. The second-order valence-corrected chi connectivity index (χ2v) is 9.65. The molecule has 0 N–H and O–H groups in total. The van der Waals surface area contributed by atoms with Gasteiger partial charge in [-0.25, -0.2) is 9.78 Å². The number of anilines is 1. The van der Waals surface area contributed by atoms with Crippen molar-refractivity contribution in [1.82, 2.24) is 9.88 Å². The van der Waals surface area contributed by atoms with Gasteiger partial charge < -0.3 is 9.15 Å². The van der Waals surface area contributed by atoms with Crippen molar-refractivity contribution in [2.45, 2.75) is 20.3 Å². The van der Waals surface area contributed by atoms with Crippen molar-refractivity contribution in [2.24, 2.45) is 0 Å². The Morgan fingerprint density at radius 1 is 1.15 bits per heavy atom. The van der Waals surface area contributed by atoms with Gasteiger partial charge in [0.15, 0.2) is 5.13 Å². The molecule has 5 rings (SSSR count). The number of morpholine rings is 1. The van der Waals surface area contributed by atoms with Crippen LogP contribution in [0.25, 0.3) is 21.2 Å². The number of amides is 1. The van der Waals surface area contributed by atoms with Gasteiger partial charge in [-0.05, 0) is 49.6 Å². The van der Waals surface area contributed by atoms with E-state index in [2.05, 4.69) is 17.9 Å². The Hall–Kier alpha value is -3.07. The summed E-state index contributed by atoms with van der Waals surface area (Å²) in [5, 5.41) is 1.32. The number of nitrogens with zero attached hydrogens (tertiary/aromatic N) is 3. The molecule has 7 nitrogen and oxygen atoms in total. The first kappa shape index (κ1) is 22.7. The van der Waals surface area contributed by atoms with E-state index in [1.807, 2.05) is 25.1 Å². The zero-order chi connectivity index (χ0) is 23.7. The molecule has 1 amide bonds. The molecular weight excluding hydrogens is 450 g/mol. The molecule has 0 atom stereocenters. The van der Waals surface area contributed by atoms with Crippen LogP contribution >= 0.6 is 11.3 Å². The fourth-order valence-corrected chi connectivity index (χ4v) is 5.44. The maximum absolute atomic E-state index is 13.7. The molecule has 2 aromatic carbocycles. The maximum atomic E-state index is 13.7. The summed E-state index contributed by atoms with van der Waals surface area (Å²) < 4.78 is 11.9. The summed E-state index contributed by atoms with van der Waals surface area (Å²) in [4.78, 5) is 35.2. The summed E-state index contributed by atoms with van der Waals surface area (Å²) in [6.07, 6.45) is 0.762. The predicted molar refractivity (Wildman–Crippen MR) is 135 cm³/mol. The molecule has 2 aromatic heterocycles. The molecule has 1 aliphatic rings. The molecule has 0 spiro atoms. The van der Waals surface area contributed by atoms with Gasteiger partial charge in [-0.2, -0.15) is 0 Å². The molecule has 0 aliphatic carbocycles. The van der Waals surface area contributed by atoms with Gasteiger partial charge in [-0.1, -0.05) is 35.6 Å². The molecule has 0 unspecified atom stereocenters. The Balaban J connectivity index is 1.49. The number of carbonyl (C=O) groups excluding carboxylic acids is 1. The highest BCUT2D eigenvalue weighted by molar-refractivity contribution is 7.22. The van der Waals surface area contributed by atoms with Crippen LogP contribution in [0.15, 0.2) is 51.7 Å². The van der Waals surface area contributed by atoms with Gasteiger partial charge >= 0.3 is 5.63 Å². The van der Waals surface area contributed by atoms with Crippen LogP contribution in [-0.2, 0) is 4.74 Å². The number of para-hydroxylation sites is 1. The van der Waals surface area contributed by atoms with E-state index >= 15 is 0 Å². The Labute approximate surface area is 201 Å². The molecule has 4 aromatic rings. The van der Waals surface area contributed by atoms with E-state index in [0.29, 0.717) is 17.3 Å². The number of hydrogen-bond acceptors (Lipinski definition) is 7. The van der Waals surface area contributed by atoms with Crippen molar-refractivity contribution < 1.29 is 13.9 Å². The zero-order valence-electron chi connectivity index (χ0n) is 19.4.